The van der Waals surface area contributed by atoms with E-state index in [9.17, 15) is 14.7 Å². The highest BCUT2D eigenvalue weighted by atomic mass is 35.5. The molecule has 3 N–H and O–H groups in total. The third-order valence-corrected chi connectivity index (χ3v) is 5.18. The maximum Gasteiger partial charge on any atom is 0.287 e. The van der Waals surface area contributed by atoms with E-state index < -0.39 is 11.8 Å². The second-order valence-electron chi connectivity index (χ2n) is 7.39. The summed E-state index contributed by atoms with van der Waals surface area (Å²) in [7, 11) is 3.85. The standard InChI is InChI=1S/C25H22Cl2N4O3/c1-31(2)20-10-8-16(9-11-20)12-22(29-24(33)17-6-4-3-5-7-17)25(34)30-28-15-18-13-19(26)14-21(27)23(18)32/h3-15,32H,1-2H3,(H,29,33)(H,30,34). The van der Waals surface area contributed by atoms with Gasteiger partial charge in [0.25, 0.3) is 11.8 Å². The van der Waals surface area contributed by atoms with Gasteiger partial charge in [-0.25, -0.2) is 5.43 Å². The number of nitrogens with zero attached hydrogens (tertiary/aromatic N) is 2. The lowest BCUT2D eigenvalue weighted by Gasteiger charge is -2.12. The quantitative estimate of drug-likeness (QED) is 0.251. The fourth-order valence-electron chi connectivity index (χ4n) is 2.88. The van der Waals surface area contributed by atoms with Gasteiger partial charge in [0.2, 0.25) is 0 Å². The van der Waals surface area contributed by atoms with Gasteiger partial charge in [-0.05, 0) is 48.0 Å². The van der Waals surface area contributed by atoms with Crippen molar-refractivity contribution in [3.8, 4) is 5.75 Å². The van der Waals surface area contributed by atoms with Gasteiger partial charge in [0.05, 0.1) is 11.2 Å². The Kier molecular flexibility index (Phi) is 8.29. The lowest BCUT2D eigenvalue weighted by molar-refractivity contribution is -0.117. The lowest BCUT2D eigenvalue weighted by atomic mass is 10.1. The molecule has 0 atom stereocenters. The van der Waals surface area contributed by atoms with Crippen LogP contribution < -0.4 is 15.6 Å². The number of hydrazone groups is 1. The molecule has 34 heavy (non-hydrogen) atoms. The van der Waals surface area contributed by atoms with E-state index in [0.717, 1.165) is 5.69 Å². The van der Waals surface area contributed by atoms with Crippen LogP contribution in [0.25, 0.3) is 6.08 Å². The van der Waals surface area contributed by atoms with E-state index in [2.05, 4.69) is 15.8 Å². The number of phenols is 1. The minimum absolute atomic E-state index is 0.0167. The summed E-state index contributed by atoms with van der Waals surface area (Å²) in [6.07, 6.45) is 2.74. The van der Waals surface area contributed by atoms with Crippen LogP contribution in [0.5, 0.6) is 5.75 Å². The molecule has 0 aliphatic carbocycles. The number of aromatic hydroxyl groups is 1. The maximum atomic E-state index is 12.9. The van der Waals surface area contributed by atoms with E-state index >= 15 is 0 Å². The second kappa shape index (κ2) is 11.4. The number of phenolic OH excluding ortho intramolecular Hbond substituents is 1. The molecule has 3 rings (SSSR count). The molecule has 3 aromatic rings. The number of rotatable bonds is 7. The van der Waals surface area contributed by atoms with Crippen LogP contribution in [-0.4, -0.2) is 37.2 Å². The van der Waals surface area contributed by atoms with E-state index in [1.54, 1.807) is 36.4 Å². The van der Waals surface area contributed by atoms with Gasteiger partial charge in [0, 0.05) is 35.9 Å². The van der Waals surface area contributed by atoms with Crippen LogP contribution in [0.2, 0.25) is 10.0 Å². The van der Waals surface area contributed by atoms with Gasteiger partial charge in [-0.3, -0.25) is 9.59 Å². The van der Waals surface area contributed by atoms with Gasteiger partial charge in [-0.1, -0.05) is 53.5 Å². The Balaban J connectivity index is 1.84. The second-order valence-corrected chi connectivity index (χ2v) is 8.23. The van der Waals surface area contributed by atoms with E-state index in [-0.39, 0.29) is 22.0 Å². The lowest BCUT2D eigenvalue weighted by Crippen LogP contribution is -2.32. The van der Waals surface area contributed by atoms with Gasteiger partial charge in [0.15, 0.2) is 0 Å². The number of benzene rings is 3. The Morgan fingerprint density at radius 3 is 2.32 bits per heavy atom. The number of halogens is 2. The summed E-state index contributed by atoms with van der Waals surface area (Å²) in [5.41, 5.74) is 4.63. The van der Waals surface area contributed by atoms with Crippen LogP contribution in [0.15, 0.2) is 77.5 Å². The third-order valence-electron chi connectivity index (χ3n) is 4.68. The molecule has 0 spiro atoms. The predicted molar refractivity (Wildman–Crippen MR) is 137 cm³/mol. The molecule has 0 aliphatic heterocycles. The molecule has 0 saturated carbocycles. The van der Waals surface area contributed by atoms with Gasteiger partial charge in [-0.2, -0.15) is 5.10 Å². The molecule has 3 aromatic carbocycles. The number of carbonyl (C=O) groups excluding carboxylic acids is 2. The molecule has 0 bridgehead atoms. The fourth-order valence-corrected chi connectivity index (χ4v) is 3.39. The zero-order valence-corrected chi connectivity index (χ0v) is 19.9. The molecular weight excluding hydrogens is 475 g/mol. The highest BCUT2D eigenvalue weighted by Crippen LogP contribution is 2.29. The van der Waals surface area contributed by atoms with Crippen LogP contribution in [0.3, 0.4) is 0 Å². The largest absolute Gasteiger partial charge is 0.506 e. The number of hydrogen-bond donors (Lipinski definition) is 3. The van der Waals surface area contributed by atoms with Crippen molar-refractivity contribution in [3.05, 3.63) is 99.2 Å². The summed E-state index contributed by atoms with van der Waals surface area (Å²) in [6, 6.07) is 18.8. The maximum absolute atomic E-state index is 12.9. The van der Waals surface area contributed by atoms with E-state index in [0.29, 0.717) is 16.1 Å². The number of amides is 2. The van der Waals surface area contributed by atoms with Crippen LogP contribution in [0.4, 0.5) is 5.69 Å². The first-order valence-corrected chi connectivity index (χ1v) is 10.9. The van der Waals surface area contributed by atoms with Crippen molar-refractivity contribution in [2.24, 2.45) is 5.10 Å². The predicted octanol–water partition coefficient (Wildman–Crippen LogP) is 4.69. The molecule has 0 unspecified atom stereocenters. The number of carbonyl (C=O) groups is 2. The summed E-state index contributed by atoms with van der Waals surface area (Å²) >= 11 is 11.9. The van der Waals surface area contributed by atoms with Gasteiger partial charge >= 0.3 is 0 Å². The zero-order chi connectivity index (χ0) is 24.7. The van der Waals surface area contributed by atoms with E-state index in [1.165, 1.54) is 18.3 Å². The molecule has 174 valence electrons. The minimum Gasteiger partial charge on any atom is -0.506 e. The van der Waals surface area contributed by atoms with Crippen molar-refractivity contribution < 1.29 is 14.7 Å². The minimum atomic E-state index is -0.662. The Hall–Kier alpha value is -3.81. The highest BCUT2D eigenvalue weighted by molar-refractivity contribution is 6.36. The van der Waals surface area contributed by atoms with Crippen LogP contribution >= 0.6 is 23.2 Å². The number of nitrogens with one attached hydrogen (secondary N) is 2. The summed E-state index contributed by atoms with van der Waals surface area (Å²) in [5.74, 6) is -1.34. The topological polar surface area (TPSA) is 94.0 Å². The first-order chi connectivity index (χ1) is 16.2. The molecule has 0 saturated heterocycles. The van der Waals surface area contributed by atoms with Crippen molar-refractivity contribution >= 4 is 53.0 Å². The Morgan fingerprint density at radius 1 is 1.00 bits per heavy atom. The molecule has 0 radical (unpaired) electrons. The Bertz CT molecular complexity index is 1240. The molecule has 0 aromatic heterocycles. The number of anilines is 1. The van der Waals surface area contributed by atoms with Crippen molar-refractivity contribution in [2.75, 3.05) is 19.0 Å². The van der Waals surface area contributed by atoms with Crippen LogP contribution in [-0.2, 0) is 4.79 Å². The molecule has 9 heteroatoms. The van der Waals surface area contributed by atoms with Crippen molar-refractivity contribution in [1.29, 1.82) is 0 Å². The Morgan fingerprint density at radius 2 is 1.68 bits per heavy atom. The molecule has 7 nitrogen and oxygen atoms in total. The summed E-state index contributed by atoms with van der Waals surface area (Å²) in [4.78, 5) is 27.5. The van der Waals surface area contributed by atoms with Crippen LogP contribution in [0.1, 0.15) is 21.5 Å². The first-order valence-electron chi connectivity index (χ1n) is 10.1. The molecule has 2 amide bonds. The van der Waals surface area contributed by atoms with Crippen molar-refractivity contribution in [3.63, 3.8) is 0 Å². The first kappa shape index (κ1) is 24.8. The summed E-state index contributed by atoms with van der Waals surface area (Å²) in [5, 5.41) is 16.9. The number of hydrogen-bond acceptors (Lipinski definition) is 5. The molecule has 0 aliphatic rings. The van der Waals surface area contributed by atoms with E-state index in [4.69, 9.17) is 23.2 Å². The van der Waals surface area contributed by atoms with Gasteiger partial charge in [0.1, 0.15) is 11.4 Å². The monoisotopic (exact) mass is 496 g/mol. The van der Waals surface area contributed by atoms with Gasteiger partial charge < -0.3 is 15.3 Å². The van der Waals surface area contributed by atoms with Gasteiger partial charge in [-0.15, -0.1) is 0 Å². The fraction of sp³-hybridized carbons (Fsp3) is 0.0800. The van der Waals surface area contributed by atoms with Crippen molar-refractivity contribution in [2.45, 2.75) is 0 Å². The summed E-state index contributed by atoms with van der Waals surface area (Å²) in [6.45, 7) is 0. The highest BCUT2D eigenvalue weighted by Gasteiger charge is 2.14. The smallest absolute Gasteiger partial charge is 0.287 e. The summed E-state index contributed by atoms with van der Waals surface area (Å²) < 4.78 is 0. The van der Waals surface area contributed by atoms with Crippen molar-refractivity contribution in [1.82, 2.24) is 10.7 Å². The zero-order valence-electron chi connectivity index (χ0n) is 18.4. The van der Waals surface area contributed by atoms with E-state index in [1.807, 2.05) is 43.3 Å². The Labute approximate surface area is 207 Å². The average molecular weight is 497 g/mol. The third kappa shape index (κ3) is 6.60. The van der Waals surface area contributed by atoms with Crippen LogP contribution in [0, 0.1) is 0 Å². The average Bonchev–Trinajstić information content (AvgIpc) is 2.82. The SMILES string of the molecule is CN(C)c1ccc(C=C(NC(=O)c2ccccc2)C(=O)NN=Cc2cc(Cl)cc(Cl)c2O)cc1. The molecular formula is C25H22Cl2N4O3. The molecule has 0 heterocycles. The normalized spacial score (nSPS) is 11.4. The molecule has 0 fully saturated rings.